The summed E-state index contributed by atoms with van der Waals surface area (Å²) in [6.07, 6.45) is 7.46. The summed E-state index contributed by atoms with van der Waals surface area (Å²) >= 11 is 5.95. The van der Waals surface area contributed by atoms with Crippen LogP contribution in [0.5, 0.6) is 0 Å². The standard InChI is InChI=1S/C16H24ClN3/c1-12(17)20-15(18-4)11-14(19-20)13-7-5-9-16(2,3)10-6-8-13/h11,13H,1,4-10H2,2-3H3. The summed E-state index contributed by atoms with van der Waals surface area (Å²) in [5, 5.41) is 4.93. The molecule has 1 aliphatic carbocycles. The van der Waals surface area contributed by atoms with Gasteiger partial charge in [-0.2, -0.15) is 5.10 Å². The summed E-state index contributed by atoms with van der Waals surface area (Å²) in [6.45, 7) is 12.0. The van der Waals surface area contributed by atoms with E-state index in [0.717, 1.165) is 5.69 Å². The lowest BCUT2D eigenvalue weighted by Gasteiger charge is -2.29. The van der Waals surface area contributed by atoms with E-state index in [2.05, 4.69) is 37.2 Å². The molecule has 2 rings (SSSR count). The van der Waals surface area contributed by atoms with Gasteiger partial charge in [-0.3, -0.25) is 0 Å². The molecule has 1 fully saturated rings. The molecule has 0 amide bonds. The third-order valence-electron chi connectivity index (χ3n) is 4.33. The quantitative estimate of drug-likeness (QED) is 0.691. The monoisotopic (exact) mass is 293 g/mol. The summed E-state index contributed by atoms with van der Waals surface area (Å²) in [5.41, 5.74) is 1.57. The van der Waals surface area contributed by atoms with E-state index in [1.54, 1.807) is 4.68 Å². The van der Waals surface area contributed by atoms with E-state index in [9.17, 15) is 0 Å². The topological polar surface area (TPSA) is 30.2 Å². The van der Waals surface area contributed by atoms with Gasteiger partial charge in [0.25, 0.3) is 0 Å². The first kappa shape index (κ1) is 15.3. The molecule has 3 nitrogen and oxygen atoms in total. The minimum atomic E-state index is 0.366. The number of rotatable bonds is 3. The van der Waals surface area contributed by atoms with Crippen molar-refractivity contribution in [1.29, 1.82) is 0 Å². The molecule has 1 aliphatic rings. The van der Waals surface area contributed by atoms with Crippen molar-refractivity contribution >= 4 is 29.3 Å². The molecule has 1 heterocycles. The highest BCUT2D eigenvalue weighted by Crippen LogP contribution is 2.38. The van der Waals surface area contributed by atoms with Crippen molar-refractivity contribution < 1.29 is 0 Å². The summed E-state index contributed by atoms with van der Waals surface area (Å²) < 4.78 is 1.58. The second-order valence-electron chi connectivity index (χ2n) is 6.52. The Morgan fingerprint density at radius 3 is 2.45 bits per heavy atom. The molecule has 0 aromatic carbocycles. The minimum Gasteiger partial charge on any atom is -0.245 e. The molecule has 1 saturated carbocycles. The van der Waals surface area contributed by atoms with E-state index in [1.165, 1.54) is 38.5 Å². The van der Waals surface area contributed by atoms with E-state index >= 15 is 0 Å². The fourth-order valence-electron chi connectivity index (χ4n) is 3.10. The molecular formula is C16H24ClN3. The molecule has 110 valence electrons. The SMILES string of the molecule is C=Nc1cc(C2CCCC(C)(C)CCC2)nn1C(=C)Cl. The van der Waals surface area contributed by atoms with Crippen LogP contribution in [-0.4, -0.2) is 16.5 Å². The number of hydrogen-bond acceptors (Lipinski definition) is 2. The first-order valence-electron chi connectivity index (χ1n) is 7.34. The molecule has 0 spiro atoms. The molecule has 0 bridgehead atoms. The van der Waals surface area contributed by atoms with Gasteiger partial charge in [-0.1, -0.05) is 44.9 Å². The lowest BCUT2D eigenvalue weighted by Crippen LogP contribution is -2.15. The highest BCUT2D eigenvalue weighted by Gasteiger charge is 2.24. The van der Waals surface area contributed by atoms with Gasteiger partial charge in [-0.05, 0) is 37.8 Å². The van der Waals surface area contributed by atoms with Crippen molar-refractivity contribution in [3.8, 4) is 0 Å². The van der Waals surface area contributed by atoms with Crippen molar-refractivity contribution in [2.45, 2.75) is 58.3 Å². The maximum Gasteiger partial charge on any atom is 0.156 e. The van der Waals surface area contributed by atoms with Gasteiger partial charge < -0.3 is 0 Å². The maximum absolute atomic E-state index is 5.95. The summed E-state index contributed by atoms with van der Waals surface area (Å²) in [6, 6.07) is 2.00. The van der Waals surface area contributed by atoms with Crippen LogP contribution in [0.2, 0.25) is 0 Å². The Morgan fingerprint density at radius 1 is 1.40 bits per heavy atom. The predicted molar refractivity (Wildman–Crippen MR) is 86.8 cm³/mol. The maximum atomic E-state index is 5.95. The average Bonchev–Trinajstić information content (AvgIpc) is 2.78. The lowest BCUT2D eigenvalue weighted by molar-refractivity contribution is 0.255. The van der Waals surface area contributed by atoms with Crippen LogP contribution in [0.25, 0.3) is 5.16 Å². The van der Waals surface area contributed by atoms with Gasteiger partial charge in [0.05, 0.1) is 5.69 Å². The molecule has 1 aromatic heterocycles. The van der Waals surface area contributed by atoms with Crippen LogP contribution < -0.4 is 0 Å². The molecule has 0 aliphatic heterocycles. The Kier molecular flexibility index (Phi) is 4.69. The molecule has 0 radical (unpaired) electrons. The summed E-state index contributed by atoms with van der Waals surface area (Å²) in [5.74, 6) is 1.19. The van der Waals surface area contributed by atoms with Crippen molar-refractivity contribution in [2.24, 2.45) is 10.4 Å². The third-order valence-corrected chi connectivity index (χ3v) is 4.49. The molecule has 4 heteroatoms. The minimum absolute atomic E-state index is 0.366. The van der Waals surface area contributed by atoms with Gasteiger partial charge in [-0.25, -0.2) is 9.67 Å². The van der Waals surface area contributed by atoms with Crippen molar-refractivity contribution in [3.05, 3.63) is 18.3 Å². The van der Waals surface area contributed by atoms with E-state index < -0.39 is 0 Å². The molecule has 1 aromatic rings. The second-order valence-corrected chi connectivity index (χ2v) is 6.96. The fourth-order valence-corrected chi connectivity index (χ4v) is 3.22. The van der Waals surface area contributed by atoms with Crippen LogP contribution in [0, 0.1) is 5.41 Å². The Labute approximate surface area is 126 Å². The number of aliphatic imine (C=N–C) groups is 1. The Balaban J connectivity index is 2.15. The Morgan fingerprint density at radius 2 is 2.00 bits per heavy atom. The van der Waals surface area contributed by atoms with E-state index in [-0.39, 0.29) is 0 Å². The van der Waals surface area contributed by atoms with E-state index in [0.29, 0.717) is 22.3 Å². The molecular weight excluding hydrogens is 270 g/mol. The van der Waals surface area contributed by atoms with Crippen molar-refractivity contribution in [3.63, 3.8) is 0 Å². The van der Waals surface area contributed by atoms with Gasteiger partial charge >= 0.3 is 0 Å². The molecule has 0 unspecified atom stereocenters. The smallest absolute Gasteiger partial charge is 0.156 e. The average molecular weight is 294 g/mol. The first-order chi connectivity index (χ1) is 9.43. The summed E-state index contributed by atoms with van der Waals surface area (Å²) in [7, 11) is 0. The summed E-state index contributed by atoms with van der Waals surface area (Å²) in [4.78, 5) is 3.98. The van der Waals surface area contributed by atoms with Crippen LogP contribution in [0.1, 0.15) is 64.0 Å². The van der Waals surface area contributed by atoms with Crippen molar-refractivity contribution in [1.82, 2.24) is 9.78 Å². The molecule has 20 heavy (non-hydrogen) atoms. The zero-order chi connectivity index (χ0) is 14.8. The number of nitrogens with zero attached hydrogens (tertiary/aromatic N) is 3. The van der Waals surface area contributed by atoms with Crippen molar-refractivity contribution in [2.75, 3.05) is 0 Å². The molecule has 0 N–H and O–H groups in total. The Bertz CT molecular complexity index is 490. The van der Waals surface area contributed by atoms with Gasteiger partial charge in [0.15, 0.2) is 5.82 Å². The zero-order valence-electron chi connectivity index (χ0n) is 12.5. The highest BCUT2D eigenvalue weighted by atomic mass is 35.5. The van der Waals surface area contributed by atoms with Gasteiger partial charge in [0, 0.05) is 12.0 Å². The third kappa shape index (κ3) is 3.51. The zero-order valence-corrected chi connectivity index (χ0v) is 13.3. The molecule has 0 atom stereocenters. The normalized spacial score (nSPS) is 20.1. The molecule has 0 saturated heterocycles. The van der Waals surface area contributed by atoms with Gasteiger partial charge in [0.2, 0.25) is 0 Å². The van der Waals surface area contributed by atoms with Gasteiger partial charge in [0.1, 0.15) is 5.16 Å². The lowest BCUT2D eigenvalue weighted by atomic mass is 9.77. The van der Waals surface area contributed by atoms with E-state index in [1.807, 2.05) is 6.07 Å². The number of aromatic nitrogens is 2. The number of halogens is 1. The van der Waals surface area contributed by atoms with Gasteiger partial charge in [-0.15, -0.1) is 0 Å². The van der Waals surface area contributed by atoms with Crippen LogP contribution in [0.3, 0.4) is 0 Å². The highest BCUT2D eigenvalue weighted by molar-refractivity contribution is 6.44. The predicted octanol–water partition coefficient (Wildman–Crippen LogP) is 5.35. The van der Waals surface area contributed by atoms with Crippen LogP contribution in [-0.2, 0) is 0 Å². The van der Waals surface area contributed by atoms with Crippen LogP contribution >= 0.6 is 11.6 Å². The largest absolute Gasteiger partial charge is 0.245 e. The fraction of sp³-hybridized carbons (Fsp3) is 0.625. The second kappa shape index (κ2) is 6.13. The number of hydrogen-bond donors (Lipinski definition) is 0. The van der Waals surface area contributed by atoms with Crippen LogP contribution in [0.15, 0.2) is 17.6 Å². The first-order valence-corrected chi connectivity index (χ1v) is 7.72. The Hall–Kier alpha value is -1.09. The van der Waals surface area contributed by atoms with E-state index in [4.69, 9.17) is 11.6 Å². The van der Waals surface area contributed by atoms with Crippen LogP contribution in [0.4, 0.5) is 5.82 Å².